The predicted molar refractivity (Wildman–Crippen MR) is 90.2 cm³/mol. The van der Waals surface area contributed by atoms with Crippen LogP contribution in [0.3, 0.4) is 0 Å². The van der Waals surface area contributed by atoms with E-state index in [-0.39, 0.29) is 12.5 Å². The quantitative estimate of drug-likeness (QED) is 0.801. The van der Waals surface area contributed by atoms with Crippen LogP contribution in [0.1, 0.15) is 22.8 Å². The number of carbonyl (C=O) groups is 1. The molecule has 110 valence electrons. The van der Waals surface area contributed by atoms with E-state index >= 15 is 0 Å². The van der Waals surface area contributed by atoms with Crippen molar-refractivity contribution >= 4 is 37.8 Å². The lowest BCUT2D eigenvalue weighted by molar-refractivity contribution is 0.0849. The normalized spacial score (nSPS) is 13.5. The van der Waals surface area contributed by atoms with Crippen LogP contribution >= 0.6 is 31.9 Å². The van der Waals surface area contributed by atoms with Crippen LogP contribution in [0.15, 0.2) is 57.5 Å². The standard InChI is InChI=1S/C16H15Br2NO2/c1-16(10-20,12-5-3-2-4-6-12)19-15(21)11-7-13(17)9-14(18)8-11/h2-9,20H,10H2,1H3,(H,19,21). The molecule has 0 saturated carbocycles. The smallest absolute Gasteiger partial charge is 0.252 e. The number of carbonyl (C=O) groups excluding carboxylic acids is 1. The highest BCUT2D eigenvalue weighted by atomic mass is 79.9. The summed E-state index contributed by atoms with van der Waals surface area (Å²) in [7, 11) is 0. The van der Waals surface area contributed by atoms with Crippen molar-refractivity contribution in [3.63, 3.8) is 0 Å². The maximum atomic E-state index is 12.4. The number of hydrogen-bond donors (Lipinski definition) is 2. The third-order valence-corrected chi connectivity index (χ3v) is 4.16. The molecule has 1 amide bonds. The summed E-state index contributed by atoms with van der Waals surface area (Å²) in [4.78, 5) is 12.4. The Hall–Kier alpha value is -1.17. The molecule has 2 rings (SSSR count). The molecule has 0 bridgehead atoms. The molecule has 0 aliphatic heterocycles. The SMILES string of the molecule is CC(CO)(NC(=O)c1cc(Br)cc(Br)c1)c1ccccc1. The van der Waals surface area contributed by atoms with Gasteiger partial charge in [-0.3, -0.25) is 4.79 Å². The van der Waals surface area contributed by atoms with Crippen LogP contribution in [0.25, 0.3) is 0 Å². The van der Waals surface area contributed by atoms with E-state index in [0.717, 1.165) is 14.5 Å². The van der Waals surface area contributed by atoms with Crippen LogP contribution in [-0.4, -0.2) is 17.6 Å². The zero-order valence-electron chi connectivity index (χ0n) is 11.4. The van der Waals surface area contributed by atoms with Gasteiger partial charge in [0.2, 0.25) is 0 Å². The fraction of sp³-hybridized carbons (Fsp3) is 0.188. The molecule has 0 spiro atoms. The van der Waals surface area contributed by atoms with Gasteiger partial charge >= 0.3 is 0 Å². The van der Waals surface area contributed by atoms with Gasteiger partial charge in [0.25, 0.3) is 5.91 Å². The van der Waals surface area contributed by atoms with Crippen LogP contribution in [0, 0.1) is 0 Å². The van der Waals surface area contributed by atoms with E-state index in [1.165, 1.54) is 0 Å². The molecule has 0 fully saturated rings. The number of aliphatic hydroxyl groups is 1. The molecule has 0 aliphatic carbocycles. The van der Waals surface area contributed by atoms with E-state index in [9.17, 15) is 9.90 Å². The zero-order valence-corrected chi connectivity index (χ0v) is 14.6. The second-order valence-electron chi connectivity index (χ2n) is 4.97. The topological polar surface area (TPSA) is 49.3 Å². The molecule has 1 atom stereocenters. The van der Waals surface area contributed by atoms with Crippen LogP contribution in [0.4, 0.5) is 0 Å². The van der Waals surface area contributed by atoms with Crippen LogP contribution in [0.2, 0.25) is 0 Å². The number of amides is 1. The highest BCUT2D eigenvalue weighted by Crippen LogP contribution is 2.23. The van der Waals surface area contributed by atoms with Crippen molar-refractivity contribution in [1.29, 1.82) is 0 Å². The largest absolute Gasteiger partial charge is 0.394 e. The van der Waals surface area contributed by atoms with Crippen molar-refractivity contribution in [1.82, 2.24) is 5.32 Å². The van der Waals surface area contributed by atoms with Crippen LogP contribution in [-0.2, 0) is 5.54 Å². The van der Waals surface area contributed by atoms with Crippen molar-refractivity contribution in [2.24, 2.45) is 0 Å². The second kappa shape index (κ2) is 6.73. The number of halogens is 2. The van der Waals surface area contributed by atoms with Gasteiger partial charge in [-0.2, -0.15) is 0 Å². The van der Waals surface area contributed by atoms with Crippen molar-refractivity contribution in [2.45, 2.75) is 12.5 Å². The Kier molecular flexibility index (Phi) is 5.19. The summed E-state index contributed by atoms with van der Waals surface area (Å²) in [5.74, 6) is -0.239. The van der Waals surface area contributed by atoms with Gasteiger partial charge < -0.3 is 10.4 Å². The van der Waals surface area contributed by atoms with Gasteiger partial charge in [0, 0.05) is 14.5 Å². The molecule has 2 aromatic rings. The second-order valence-corrected chi connectivity index (χ2v) is 6.80. The monoisotopic (exact) mass is 411 g/mol. The molecule has 5 heteroatoms. The summed E-state index contributed by atoms with van der Waals surface area (Å²) >= 11 is 6.73. The highest BCUT2D eigenvalue weighted by molar-refractivity contribution is 9.11. The van der Waals surface area contributed by atoms with E-state index in [4.69, 9.17) is 0 Å². The van der Waals surface area contributed by atoms with E-state index in [2.05, 4.69) is 37.2 Å². The minimum Gasteiger partial charge on any atom is -0.394 e. The first-order valence-electron chi connectivity index (χ1n) is 6.39. The average molecular weight is 413 g/mol. The lowest BCUT2D eigenvalue weighted by atomic mass is 9.92. The Balaban J connectivity index is 2.28. The van der Waals surface area contributed by atoms with Gasteiger partial charge in [-0.25, -0.2) is 0 Å². The number of hydrogen-bond acceptors (Lipinski definition) is 2. The van der Waals surface area contributed by atoms with Gasteiger partial charge in [0.15, 0.2) is 0 Å². The molecule has 0 saturated heterocycles. The Morgan fingerprint density at radius 2 is 1.71 bits per heavy atom. The molecule has 1 unspecified atom stereocenters. The summed E-state index contributed by atoms with van der Waals surface area (Å²) in [6.07, 6.45) is 0. The van der Waals surface area contributed by atoms with Crippen molar-refractivity contribution in [2.75, 3.05) is 6.61 Å². The summed E-state index contributed by atoms with van der Waals surface area (Å²) < 4.78 is 1.62. The van der Waals surface area contributed by atoms with Gasteiger partial charge in [-0.1, -0.05) is 62.2 Å². The molecule has 0 aliphatic rings. The van der Waals surface area contributed by atoms with E-state index in [1.807, 2.05) is 36.4 Å². The summed E-state index contributed by atoms with van der Waals surface area (Å²) in [6, 6.07) is 14.8. The highest BCUT2D eigenvalue weighted by Gasteiger charge is 2.28. The predicted octanol–water partition coefficient (Wildman–Crippen LogP) is 3.85. The summed E-state index contributed by atoms with van der Waals surface area (Å²) in [6.45, 7) is 1.62. The van der Waals surface area contributed by atoms with Crippen LogP contribution < -0.4 is 5.32 Å². The molecule has 0 radical (unpaired) electrons. The van der Waals surface area contributed by atoms with E-state index < -0.39 is 5.54 Å². The Bertz CT molecular complexity index is 626. The van der Waals surface area contributed by atoms with Gasteiger partial charge in [0.1, 0.15) is 0 Å². The third-order valence-electron chi connectivity index (χ3n) is 3.24. The lowest BCUT2D eigenvalue weighted by Gasteiger charge is -2.29. The number of rotatable bonds is 4. The van der Waals surface area contributed by atoms with Gasteiger partial charge in [-0.15, -0.1) is 0 Å². The Morgan fingerprint density at radius 1 is 1.14 bits per heavy atom. The summed E-state index contributed by atoms with van der Waals surface area (Å²) in [5, 5.41) is 12.6. The Labute approximate surface area is 140 Å². The third kappa shape index (κ3) is 3.93. The number of nitrogens with one attached hydrogen (secondary N) is 1. The number of benzene rings is 2. The molecule has 0 aromatic heterocycles. The van der Waals surface area contributed by atoms with Crippen molar-refractivity contribution < 1.29 is 9.90 Å². The van der Waals surface area contributed by atoms with Gasteiger partial charge in [-0.05, 0) is 30.7 Å². The summed E-state index contributed by atoms with van der Waals surface area (Å²) in [5.41, 5.74) is 0.550. The molecule has 0 heterocycles. The van der Waals surface area contributed by atoms with E-state index in [1.54, 1.807) is 19.1 Å². The molecule has 2 N–H and O–H groups in total. The molecule has 3 nitrogen and oxygen atoms in total. The number of aliphatic hydroxyl groups excluding tert-OH is 1. The first-order valence-corrected chi connectivity index (χ1v) is 7.98. The maximum absolute atomic E-state index is 12.4. The van der Waals surface area contributed by atoms with E-state index in [0.29, 0.717) is 5.56 Å². The lowest BCUT2D eigenvalue weighted by Crippen LogP contribution is -2.46. The first kappa shape index (κ1) is 16.2. The first-order chi connectivity index (χ1) is 9.94. The molecular weight excluding hydrogens is 398 g/mol. The fourth-order valence-electron chi connectivity index (χ4n) is 2.02. The Morgan fingerprint density at radius 3 is 2.24 bits per heavy atom. The van der Waals surface area contributed by atoms with Gasteiger partial charge in [0.05, 0.1) is 12.1 Å². The van der Waals surface area contributed by atoms with Crippen LogP contribution in [0.5, 0.6) is 0 Å². The molecule has 2 aromatic carbocycles. The molecular formula is C16H15Br2NO2. The minimum atomic E-state index is -0.826. The maximum Gasteiger partial charge on any atom is 0.252 e. The van der Waals surface area contributed by atoms with Crippen molar-refractivity contribution in [3.8, 4) is 0 Å². The average Bonchev–Trinajstić information content (AvgIpc) is 2.47. The van der Waals surface area contributed by atoms with Crippen molar-refractivity contribution in [3.05, 3.63) is 68.6 Å². The molecule has 21 heavy (non-hydrogen) atoms. The zero-order chi connectivity index (χ0) is 15.5. The fourth-order valence-corrected chi connectivity index (χ4v) is 3.31. The minimum absolute atomic E-state index is 0.183.